The number of likely N-dealkylation sites (N-methyl/N-ethyl adjacent to an activating group) is 1. The van der Waals surface area contributed by atoms with E-state index in [0.717, 1.165) is 16.8 Å². The minimum atomic E-state index is -1.07. The number of amides is 2. The van der Waals surface area contributed by atoms with E-state index < -0.39 is 5.41 Å². The van der Waals surface area contributed by atoms with Crippen LogP contribution in [0.2, 0.25) is 5.02 Å². The van der Waals surface area contributed by atoms with E-state index in [0.29, 0.717) is 28.6 Å². The maximum absolute atomic E-state index is 13.7. The predicted molar refractivity (Wildman–Crippen MR) is 112 cm³/mol. The number of rotatable bonds is 2. The van der Waals surface area contributed by atoms with E-state index in [9.17, 15) is 9.59 Å². The largest absolute Gasteiger partial charge is 0.311 e. The van der Waals surface area contributed by atoms with E-state index in [2.05, 4.69) is 10.4 Å². The third-order valence-corrected chi connectivity index (χ3v) is 6.21. The third kappa shape index (κ3) is 2.26. The van der Waals surface area contributed by atoms with Crippen LogP contribution in [-0.4, -0.2) is 28.1 Å². The lowest BCUT2D eigenvalue weighted by Gasteiger charge is -2.32. The Morgan fingerprint density at radius 2 is 1.93 bits per heavy atom. The van der Waals surface area contributed by atoms with Gasteiger partial charge in [-0.1, -0.05) is 41.9 Å². The molecule has 146 valence electrons. The Morgan fingerprint density at radius 3 is 2.69 bits per heavy atom. The van der Waals surface area contributed by atoms with Crippen LogP contribution in [0.3, 0.4) is 0 Å². The molecule has 5 rings (SSSR count). The van der Waals surface area contributed by atoms with Crippen LogP contribution in [0, 0.1) is 6.92 Å². The number of nitrogens with zero attached hydrogens (tertiary/aromatic N) is 3. The number of benzene rings is 2. The average molecular weight is 407 g/mol. The molecule has 2 amide bonds. The molecule has 29 heavy (non-hydrogen) atoms. The van der Waals surface area contributed by atoms with Crippen molar-refractivity contribution in [2.45, 2.75) is 25.7 Å². The number of carbonyl (C=O) groups is 2. The first kappa shape index (κ1) is 17.9. The molecule has 0 unspecified atom stereocenters. The lowest BCUT2D eigenvalue weighted by atomic mass is 9.71. The molecule has 3 heterocycles. The first-order valence-corrected chi connectivity index (χ1v) is 9.92. The number of aromatic nitrogens is 2. The van der Waals surface area contributed by atoms with Gasteiger partial charge in [-0.25, -0.2) is 4.68 Å². The summed E-state index contributed by atoms with van der Waals surface area (Å²) in [6, 6.07) is 13.2. The van der Waals surface area contributed by atoms with Crippen LogP contribution in [0.1, 0.15) is 30.0 Å². The summed E-state index contributed by atoms with van der Waals surface area (Å²) in [6.45, 7) is 4.48. The Morgan fingerprint density at radius 1 is 1.14 bits per heavy atom. The molecule has 2 aliphatic heterocycles. The second kappa shape index (κ2) is 6.19. The maximum Gasteiger partial charge on any atom is 0.242 e. The van der Waals surface area contributed by atoms with Gasteiger partial charge in [0.15, 0.2) is 0 Å². The molecule has 2 aliphatic rings. The van der Waals surface area contributed by atoms with Crippen molar-refractivity contribution in [2.24, 2.45) is 0 Å². The highest BCUT2D eigenvalue weighted by Gasteiger charge is 2.57. The molecule has 0 saturated heterocycles. The number of aryl methyl sites for hydroxylation is 1. The average Bonchev–Trinajstić information content (AvgIpc) is 3.22. The Kier molecular flexibility index (Phi) is 3.83. The normalized spacial score (nSPS) is 20.0. The van der Waals surface area contributed by atoms with Gasteiger partial charge in [0.05, 0.1) is 22.6 Å². The summed E-state index contributed by atoms with van der Waals surface area (Å²) in [7, 11) is 0. The monoisotopic (exact) mass is 406 g/mol. The van der Waals surface area contributed by atoms with Crippen molar-refractivity contribution < 1.29 is 9.59 Å². The third-order valence-electron chi connectivity index (χ3n) is 5.89. The van der Waals surface area contributed by atoms with Crippen LogP contribution in [-0.2, 0) is 15.0 Å². The number of hydrogen-bond donors (Lipinski definition) is 1. The molecule has 1 spiro atoms. The van der Waals surface area contributed by atoms with E-state index in [-0.39, 0.29) is 18.2 Å². The molecular formula is C22H19ClN4O2. The summed E-state index contributed by atoms with van der Waals surface area (Å²) in [5.41, 5.74) is 3.04. The quantitative estimate of drug-likeness (QED) is 0.703. The van der Waals surface area contributed by atoms with Gasteiger partial charge in [-0.05, 0) is 37.1 Å². The zero-order valence-corrected chi connectivity index (χ0v) is 16.8. The molecule has 0 saturated carbocycles. The van der Waals surface area contributed by atoms with Crippen molar-refractivity contribution in [3.8, 4) is 5.69 Å². The molecule has 2 aromatic carbocycles. The highest BCUT2D eigenvalue weighted by molar-refractivity contribution is 6.32. The minimum Gasteiger partial charge on any atom is -0.311 e. The van der Waals surface area contributed by atoms with Crippen LogP contribution in [0.25, 0.3) is 5.69 Å². The standard InChI is InChI=1S/C22H19ClN4O2/c1-3-26-19-13(2)7-6-8-14(19)22(21(26)29)11-18(28)25-20-15(22)12-24-27(20)17-10-5-4-9-16(17)23/h4-10,12H,3,11H2,1-2H3,(H,25,28)/t22-/m0/s1. The molecule has 3 aromatic rings. The molecule has 1 atom stereocenters. The van der Waals surface area contributed by atoms with Gasteiger partial charge < -0.3 is 10.2 Å². The van der Waals surface area contributed by atoms with E-state index in [1.54, 1.807) is 21.8 Å². The zero-order chi connectivity index (χ0) is 20.3. The van der Waals surface area contributed by atoms with Gasteiger partial charge in [0.1, 0.15) is 11.2 Å². The van der Waals surface area contributed by atoms with Gasteiger partial charge in [0.2, 0.25) is 11.8 Å². The SMILES string of the molecule is CCN1C(=O)[C@@]2(CC(=O)Nc3c2cnn3-c2ccccc2Cl)c2cccc(C)c21. The molecule has 0 aliphatic carbocycles. The van der Waals surface area contributed by atoms with E-state index in [1.807, 2.05) is 50.2 Å². The Labute approximate surface area is 173 Å². The van der Waals surface area contributed by atoms with Gasteiger partial charge >= 0.3 is 0 Å². The number of para-hydroxylation sites is 2. The molecular weight excluding hydrogens is 388 g/mol. The van der Waals surface area contributed by atoms with Crippen molar-refractivity contribution in [1.29, 1.82) is 0 Å². The Hall–Kier alpha value is -3.12. The summed E-state index contributed by atoms with van der Waals surface area (Å²) >= 11 is 6.37. The van der Waals surface area contributed by atoms with Crippen molar-refractivity contribution >= 4 is 34.9 Å². The van der Waals surface area contributed by atoms with Crippen LogP contribution < -0.4 is 10.2 Å². The highest BCUT2D eigenvalue weighted by Crippen LogP contribution is 2.53. The smallest absolute Gasteiger partial charge is 0.242 e. The van der Waals surface area contributed by atoms with Gasteiger partial charge in [-0.3, -0.25) is 9.59 Å². The van der Waals surface area contributed by atoms with Crippen LogP contribution in [0.5, 0.6) is 0 Å². The molecule has 0 bridgehead atoms. The maximum atomic E-state index is 13.7. The zero-order valence-electron chi connectivity index (χ0n) is 16.1. The predicted octanol–water partition coefficient (Wildman–Crippen LogP) is 3.83. The fourth-order valence-corrected chi connectivity index (χ4v) is 4.86. The summed E-state index contributed by atoms with van der Waals surface area (Å²) in [5, 5.41) is 7.94. The van der Waals surface area contributed by atoms with Gasteiger partial charge in [-0.2, -0.15) is 5.10 Å². The number of nitrogens with one attached hydrogen (secondary N) is 1. The Balaban J connectivity index is 1.81. The number of halogens is 1. The fourth-order valence-electron chi connectivity index (χ4n) is 4.64. The van der Waals surface area contributed by atoms with Crippen molar-refractivity contribution in [3.63, 3.8) is 0 Å². The summed E-state index contributed by atoms with van der Waals surface area (Å²) in [5.74, 6) is 0.192. The summed E-state index contributed by atoms with van der Waals surface area (Å²) in [6.07, 6.45) is 1.74. The summed E-state index contributed by atoms with van der Waals surface area (Å²) < 4.78 is 1.60. The number of carbonyl (C=O) groups excluding carboxylic acids is 2. The molecule has 1 N–H and O–H groups in total. The number of anilines is 2. The fraction of sp³-hybridized carbons (Fsp3) is 0.227. The second-order valence-corrected chi connectivity index (χ2v) is 7.83. The molecule has 6 nitrogen and oxygen atoms in total. The lowest BCUT2D eigenvalue weighted by Crippen LogP contribution is -2.46. The van der Waals surface area contributed by atoms with E-state index in [1.165, 1.54) is 0 Å². The van der Waals surface area contributed by atoms with Gasteiger partial charge in [-0.15, -0.1) is 0 Å². The highest BCUT2D eigenvalue weighted by atomic mass is 35.5. The van der Waals surface area contributed by atoms with Crippen LogP contribution in [0.4, 0.5) is 11.5 Å². The van der Waals surface area contributed by atoms with Crippen LogP contribution in [0.15, 0.2) is 48.7 Å². The van der Waals surface area contributed by atoms with Gasteiger partial charge in [0, 0.05) is 18.5 Å². The molecule has 0 radical (unpaired) electrons. The number of hydrogen-bond acceptors (Lipinski definition) is 3. The minimum absolute atomic E-state index is 0.0556. The molecule has 0 fully saturated rings. The van der Waals surface area contributed by atoms with E-state index >= 15 is 0 Å². The first-order chi connectivity index (χ1) is 14.0. The molecule has 1 aromatic heterocycles. The second-order valence-electron chi connectivity index (χ2n) is 7.42. The molecule has 7 heteroatoms. The Bertz CT molecular complexity index is 1190. The summed E-state index contributed by atoms with van der Waals surface area (Å²) in [4.78, 5) is 28.3. The topological polar surface area (TPSA) is 67.2 Å². The van der Waals surface area contributed by atoms with Crippen molar-refractivity contribution in [1.82, 2.24) is 9.78 Å². The van der Waals surface area contributed by atoms with Crippen molar-refractivity contribution in [3.05, 3.63) is 70.4 Å². The van der Waals surface area contributed by atoms with E-state index in [4.69, 9.17) is 11.6 Å². The first-order valence-electron chi connectivity index (χ1n) is 9.54. The van der Waals surface area contributed by atoms with Crippen molar-refractivity contribution in [2.75, 3.05) is 16.8 Å². The lowest BCUT2D eigenvalue weighted by molar-refractivity contribution is -0.126. The number of fused-ring (bicyclic) bond motifs is 4. The van der Waals surface area contributed by atoms with Gasteiger partial charge in [0.25, 0.3) is 0 Å². The van der Waals surface area contributed by atoms with Crippen LogP contribution >= 0.6 is 11.6 Å².